The minimum Gasteiger partial charge on any atom is -0.852 e. The van der Waals surface area contributed by atoms with Crippen LogP contribution >= 0.6 is 7.82 Å². The maximum atomic E-state index is 9.53. The van der Waals surface area contributed by atoms with E-state index in [0.29, 0.717) is 0 Å². The zero-order chi connectivity index (χ0) is 8.08. The predicted molar refractivity (Wildman–Crippen MR) is 29.4 cm³/mol. The Labute approximate surface area is 53.2 Å². The molecule has 0 saturated carbocycles. The summed E-state index contributed by atoms with van der Waals surface area (Å²) in [6, 6.07) is 0. The van der Waals surface area contributed by atoms with E-state index in [1.165, 1.54) is 0 Å². The van der Waals surface area contributed by atoms with Crippen molar-refractivity contribution in [2.45, 2.75) is 20.0 Å². The molecule has 0 aromatic carbocycles. The molecule has 9 heavy (non-hydrogen) atoms. The second kappa shape index (κ2) is 4.90. The summed E-state index contributed by atoms with van der Waals surface area (Å²) in [5.74, 6) is 0. The average Bonchev–Trinajstić information content (AvgIpc) is 1.19. The van der Waals surface area contributed by atoms with Gasteiger partial charge >= 0.3 is 7.82 Å². The maximum Gasteiger partial charge on any atom is 0.466 e. The van der Waals surface area contributed by atoms with E-state index >= 15 is 0 Å². The maximum absolute atomic E-state index is 9.53. The Balaban J connectivity index is 0. The van der Waals surface area contributed by atoms with Crippen molar-refractivity contribution in [3.05, 3.63) is 0 Å². The van der Waals surface area contributed by atoms with Crippen LogP contribution in [0.1, 0.15) is 13.8 Å². The molecule has 0 aliphatic rings. The summed E-state index contributed by atoms with van der Waals surface area (Å²) in [6.45, 7) is 3.22. The molecule has 0 amide bonds. The number of rotatable bonds is 0. The summed E-state index contributed by atoms with van der Waals surface area (Å²) in [6.07, 6.45) is -0.417. The molecule has 0 spiro atoms. The van der Waals surface area contributed by atoms with Gasteiger partial charge in [0.05, 0.1) is 0 Å². The Hall–Kier alpha value is 0.0700. The van der Waals surface area contributed by atoms with Crippen LogP contribution < -0.4 is 5.11 Å². The van der Waals surface area contributed by atoms with E-state index in [1.807, 2.05) is 0 Å². The van der Waals surface area contributed by atoms with Crippen molar-refractivity contribution in [2.24, 2.45) is 0 Å². The SMILES string of the molecule is CC(C)[O-].O=P(O)(O)O. The van der Waals surface area contributed by atoms with Gasteiger partial charge in [-0.1, -0.05) is 13.8 Å². The van der Waals surface area contributed by atoms with Crippen molar-refractivity contribution in [2.75, 3.05) is 0 Å². The second-order valence-electron chi connectivity index (χ2n) is 1.56. The lowest BCUT2D eigenvalue weighted by molar-refractivity contribution is -0.407. The van der Waals surface area contributed by atoms with Crippen LogP contribution in [0.2, 0.25) is 0 Å². The highest BCUT2D eigenvalue weighted by Crippen LogP contribution is 2.25. The molecule has 0 saturated heterocycles. The highest BCUT2D eigenvalue weighted by molar-refractivity contribution is 7.45. The molecule has 0 fully saturated rings. The molecule has 5 nitrogen and oxygen atoms in total. The molecular weight excluding hydrogens is 147 g/mol. The molecule has 0 unspecified atom stereocenters. The van der Waals surface area contributed by atoms with E-state index in [-0.39, 0.29) is 0 Å². The van der Waals surface area contributed by atoms with Gasteiger partial charge in [-0.05, 0) is 0 Å². The first-order chi connectivity index (χ1) is 3.73. The lowest BCUT2D eigenvalue weighted by Gasteiger charge is -2.02. The standard InChI is InChI=1S/C3H7O.H3O4P/c1-3(2)4;1-5(2,3)4/h3H,1-2H3;(H3,1,2,3,4)/q-1;. The molecule has 0 aliphatic carbocycles. The van der Waals surface area contributed by atoms with Crippen LogP contribution in [-0.2, 0) is 4.57 Å². The quantitative estimate of drug-likeness (QED) is 0.384. The summed E-state index contributed by atoms with van der Waals surface area (Å²) in [5, 5.41) is 9.53. The smallest absolute Gasteiger partial charge is 0.466 e. The van der Waals surface area contributed by atoms with Crippen LogP contribution in [0, 0.1) is 0 Å². The number of phosphoric acid groups is 1. The Bertz CT molecular complexity index is 83.4. The first kappa shape index (κ1) is 11.8. The van der Waals surface area contributed by atoms with Gasteiger partial charge in [0.15, 0.2) is 0 Å². The lowest BCUT2D eigenvalue weighted by Crippen LogP contribution is -2.14. The molecule has 0 bridgehead atoms. The van der Waals surface area contributed by atoms with Crippen molar-refractivity contribution < 1.29 is 24.4 Å². The third kappa shape index (κ3) is 60700. The minimum atomic E-state index is -4.64. The van der Waals surface area contributed by atoms with Crippen LogP contribution in [0.5, 0.6) is 0 Å². The summed E-state index contributed by atoms with van der Waals surface area (Å²) in [7, 11) is -4.64. The Morgan fingerprint density at radius 2 is 1.33 bits per heavy atom. The molecule has 0 rings (SSSR count). The van der Waals surface area contributed by atoms with Crippen molar-refractivity contribution in [1.29, 1.82) is 0 Å². The highest BCUT2D eigenvalue weighted by Gasteiger charge is 2.00. The van der Waals surface area contributed by atoms with Crippen LogP contribution in [0.25, 0.3) is 0 Å². The Morgan fingerprint density at radius 1 is 1.33 bits per heavy atom. The van der Waals surface area contributed by atoms with Gasteiger partial charge in [-0.25, -0.2) is 4.57 Å². The molecule has 3 N–H and O–H groups in total. The third-order valence-corrected chi connectivity index (χ3v) is 0. The van der Waals surface area contributed by atoms with Gasteiger partial charge in [0.1, 0.15) is 0 Å². The van der Waals surface area contributed by atoms with Gasteiger partial charge in [-0.3, -0.25) is 0 Å². The monoisotopic (exact) mass is 157 g/mol. The fourth-order valence-corrected chi connectivity index (χ4v) is 0. The molecule has 0 aromatic heterocycles. The summed E-state index contributed by atoms with van der Waals surface area (Å²) in [5.41, 5.74) is 0. The van der Waals surface area contributed by atoms with Crippen molar-refractivity contribution >= 4 is 7.82 Å². The molecule has 0 atom stereocenters. The predicted octanol–water partition coefficient (Wildman–Crippen LogP) is -1.17. The highest BCUT2D eigenvalue weighted by atomic mass is 31.2. The van der Waals surface area contributed by atoms with E-state index in [2.05, 4.69) is 0 Å². The fourth-order valence-electron chi connectivity index (χ4n) is 0. The van der Waals surface area contributed by atoms with Gasteiger partial charge in [-0.15, -0.1) is 6.10 Å². The number of hydrogen-bond donors (Lipinski definition) is 3. The summed E-state index contributed by atoms with van der Waals surface area (Å²) in [4.78, 5) is 21.6. The Morgan fingerprint density at radius 3 is 1.33 bits per heavy atom. The van der Waals surface area contributed by atoms with Crippen molar-refractivity contribution in [3.8, 4) is 0 Å². The topological polar surface area (TPSA) is 101 Å². The van der Waals surface area contributed by atoms with Gasteiger partial charge in [0.2, 0.25) is 0 Å². The summed E-state index contributed by atoms with van der Waals surface area (Å²) < 4.78 is 8.88. The summed E-state index contributed by atoms with van der Waals surface area (Å²) >= 11 is 0. The third-order valence-electron chi connectivity index (χ3n) is 0. The van der Waals surface area contributed by atoms with Crippen LogP contribution in [0.4, 0.5) is 0 Å². The first-order valence-electron chi connectivity index (χ1n) is 2.17. The zero-order valence-electron chi connectivity index (χ0n) is 5.18. The largest absolute Gasteiger partial charge is 0.852 e. The first-order valence-corrected chi connectivity index (χ1v) is 3.74. The van der Waals surface area contributed by atoms with E-state index in [4.69, 9.17) is 19.2 Å². The lowest BCUT2D eigenvalue weighted by atomic mass is 10.5. The van der Waals surface area contributed by atoms with Crippen molar-refractivity contribution in [1.82, 2.24) is 0 Å². The molecule has 0 radical (unpaired) electrons. The molecule has 6 heteroatoms. The molecule has 0 aliphatic heterocycles. The molecule has 58 valence electrons. The van der Waals surface area contributed by atoms with Gasteiger partial charge in [-0.2, -0.15) is 0 Å². The minimum absolute atomic E-state index is 0.417. The Kier molecular flexibility index (Phi) is 6.44. The number of hydrogen-bond acceptors (Lipinski definition) is 2. The van der Waals surface area contributed by atoms with E-state index in [0.717, 1.165) is 0 Å². The van der Waals surface area contributed by atoms with Crippen LogP contribution in [0.15, 0.2) is 0 Å². The normalized spacial score (nSPS) is 10.6. The fraction of sp³-hybridized carbons (Fsp3) is 1.00. The van der Waals surface area contributed by atoms with Crippen LogP contribution in [0.3, 0.4) is 0 Å². The van der Waals surface area contributed by atoms with Crippen LogP contribution in [-0.4, -0.2) is 20.8 Å². The van der Waals surface area contributed by atoms with Gasteiger partial charge in [0, 0.05) is 0 Å². The van der Waals surface area contributed by atoms with E-state index in [1.54, 1.807) is 13.8 Å². The van der Waals surface area contributed by atoms with E-state index < -0.39 is 13.9 Å². The molecule has 0 heterocycles. The van der Waals surface area contributed by atoms with Crippen molar-refractivity contribution in [3.63, 3.8) is 0 Å². The molecule has 0 aromatic rings. The van der Waals surface area contributed by atoms with Gasteiger partial charge in [0.25, 0.3) is 0 Å². The zero-order valence-corrected chi connectivity index (χ0v) is 6.08. The second-order valence-corrected chi connectivity index (χ2v) is 2.59. The molecular formula is C3H10O5P-. The van der Waals surface area contributed by atoms with E-state index in [9.17, 15) is 5.11 Å². The van der Waals surface area contributed by atoms with Gasteiger partial charge < -0.3 is 19.8 Å². The average molecular weight is 157 g/mol.